The van der Waals surface area contributed by atoms with Crippen molar-refractivity contribution in [1.82, 2.24) is 5.32 Å². The minimum atomic E-state index is -1.09. The van der Waals surface area contributed by atoms with Gasteiger partial charge in [-0.15, -0.1) is 0 Å². The van der Waals surface area contributed by atoms with Crippen LogP contribution in [0, 0.1) is 0 Å². The molecule has 0 aliphatic rings. The molecule has 0 bridgehead atoms. The lowest BCUT2D eigenvalue weighted by molar-refractivity contribution is -0.158. The van der Waals surface area contributed by atoms with E-state index < -0.39 is 41.2 Å². The number of aryl methyl sites for hydroxylation is 2. The maximum Gasteiger partial charge on any atom is 0.329 e. The van der Waals surface area contributed by atoms with Gasteiger partial charge in [-0.05, 0) is 122 Å². The molecule has 3 aromatic rings. The summed E-state index contributed by atoms with van der Waals surface area (Å²) in [4.78, 5) is 77.4. The number of rotatable bonds is 39. The van der Waals surface area contributed by atoms with Crippen molar-refractivity contribution in [3.63, 3.8) is 0 Å². The molecule has 13 heteroatoms. The number of benzene rings is 3. The van der Waals surface area contributed by atoms with Gasteiger partial charge in [0, 0.05) is 48.4 Å². The van der Waals surface area contributed by atoms with E-state index in [1.54, 1.807) is 53.7 Å². The molecule has 3 rings (SSSR count). The van der Waals surface area contributed by atoms with Gasteiger partial charge in [-0.3, -0.25) is 24.0 Å². The smallest absolute Gasteiger partial charge is 0.329 e. The SMILES string of the molecule is CC(C)(C)OC(=O)CCC(NC(=O)c1ccc(NC(=O)CCSCC(COC(=O)CCCCCCCCCCCc2ccccc2)OC(=O)CCCCCCCCCCCc2ccccc2)cc1)C(=O)OC(C)(C)C. The molecular weight excluding hydrogens is 965 g/mol. The maximum atomic E-state index is 13.2. The molecule has 0 heterocycles. The monoisotopic (exact) mass is 1060 g/mol. The van der Waals surface area contributed by atoms with E-state index in [-0.39, 0.29) is 49.3 Å². The summed E-state index contributed by atoms with van der Waals surface area (Å²) < 4.78 is 22.4. The first-order valence-electron chi connectivity index (χ1n) is 28.1. The average Bonchev–Trinajstić information content (AvgIpc) is 3.36. The van der Waals surface area contributed by atoms with Crippen LogP contribution in [0.3, 0.4) is 0 Å². The number of carbonyl (C=O) groups is 6. The second-order valence-electron chi connectivity index (χ2n) is 21.8. The van der Waals surface area contributed by atoms with E-state index in [4.69, 9.17) is 18.9 Å². The van der Waals surface area contributed by atoms with E-state index in [0.29, 0.717) is 30.0 Å². The molecule has 0 aliphatic carbocycles. The molecule has 416 valence electrons. The van der Waals surface area contributed by atoms with E-state index in [0.717, 1.165) is 57.8 Å². The number of hydrogen-bond acceptors (Lipinski definition) is 11. The Labute approximate surface area is 454 Å². The fourth-order valence-corrected chi connectivity index (χ4v) is 9.33. The van der Waals surface area contributed by atoms with Gasteiger partial charge in [-0.25, -0.2) is 4.79 Å². The molecule has 0 radical (unpaired) electrons. The Balaban J connectivity index is 1.39. The van der Waals surface area contributed by atoms with Gasteiger partial charge in [0.2, 0.25) is 5.91 Å². The largest absolute Gasteiger partial charge is 0.462 e. The third kappa shape index (κ3) is 33.5. The molecule has 75 heavy (non-hydrogen) atoms. The summed E-state index contributed by atoms with van der Waals surface area (Å²) in [5.74, 6) is -1.73. The summed E-state index contributed by atoms with van der Waals surface area (Å²) in [5, 5.41) is 5.54. The standard InChI is InChI=1S/C62H92N2O10S/c1-61(2,3)73-58(68)44-43-54(60(70)74-62(4,5)6)64-59(69)51-39-41-52(42-40-51)63-55(65)45-46-75-48-53(72-57(67)38-30-20-16-12-8-10-14-18-24-32-50-35-27-22-28-36-50)47-71-56(66)37-29-19-15-11-7-9-13-17-23-31-49-33-25-21-26-34-49/h21-22,25-28,33-36,39-42,53-54H,7-20,23-24,29-32,37-38,43-48H2,1-6H3,(H,63,65)(H,64,69). The lowest BCUT2D eigenvalue weighted by Gasteiger charge is -2.25. The summed E-state index contributed by atoms with van der Waals surface area (Å²) in [6.07, 6.45) is 22.7. The van der Waals surface area contributed by atoms with Gasteiger partial charge in [0.25, 0.3) is 5.91 Å². The zero-order valence-electron chi connectivity index (χ0n) is 46.5. The van der Waals surface area contributed by atoms with Crippen molar-refractivity contribution in [3.8, 4) is 0 Å². The average molecular weight is 1060 g/mol. The molecule has 0 saturated heterocycles. The maximum absolute atomic E-state index is 13.2. The topological polar surface area (TPSA) is 163 Å². The Bertz CT molecular complexity index is 2070. The van der Waals surface area contributed by atoms with Crippen molar-refractivity contribution < 1.29 is 47.7 Å². The summed E-state index contributed by atoms with van der Waals surface area (Å²) in [7, 11) is 0. The highest BCUT2D eigenvalue weighted by atomic mass is 32.2. The lowest BCUT2D eigenvalue weighted by atomic mass is 10.0. The van der Waals surface area contributed by atoms with E-state index >= 15 is 0 Å². The van der Waals surface area contributed by atoms with Crippen LogP contribution >= 0.6 is 11.8 Å². The van der Waals surface area contributed by atoms with Crippen LogP contribution in [0.1, 0.15) is 211 Å². The summed E-state index contributed by atoms with van der Waals surface area (Å²) in [6, 6.07) is 26.5. The van der Waals surface area contributed by atoms with Crippen molar-refractivity contribution in [2.24, 2.45) is 0 Å². The van der Waals surface area contributed by atoms with Crippen molar-refractivity contribution in [2.75, 3.05) is 23.4 Å². The highest BCUT2D eigenvalue weighted by molar-refractivity contribution is 7.99. The van der Waals surface area contributed by atoms with E-state index in [9.17, 15) is 28.8 Å². The molecule has 3 aromatic carbocycles. The Morgan fingerprint density at radius 2 is 0.973 bits per heavy atom. The fraction of sp³-hybridized carbons (Fsp3) is 0.613. The molecule has 0 spiro atoms. The molecule has 2 unspecified atom stereocenters. The van der Waals surface area contributed by atoms with Gasteiger partial charge in [-0.2, -0.15) is 11.8 Å². The Morgan fingerprint density at radius 1 is 0.507 bits per heavy atom. The Morgan fingerprint density at radius 3 is 1.47 bits per heavy atom. The predicted octanol–water partition coefficient (Wildman–Crippen LogP) is 14.1. The summed E-state index contributed by atoms with van der Waals surface area (Å²) in [6.45, 7) is 10.4. The molecule has 0 fully saturated rings. The molecule has 2 atom stereocenters. The minimum Gasteiger partial charge on any atom is -0.462 e. The van der Waals surface area contributed by atoms with E-state index in [1.807, 2.05) is 0 Å². The predicted molar refractivity (Wildman–Crippen MR) is 303 cm³/mol. The van der Waals surface area contributed by atoms with E-state index in [2.05, 4.69) is 71.3 Å². The molecule has 0 aliphatic heterocycles. The van der Waals surface area contributed by atoms with E-state index in [1.165, 1.54) is 106 Å². The summed E-state index contributed by atoms with van der Waals surface area (Å²) in [5.41, 5.74) is 2.04. The third-order valence-electron chi connectivity index (χ3n) is 12.4. The van der Waals surface area contributed by atoms with Gasteiger partial charge >= 0.3 is 23.9 Å². The van der Waals surface area contributed by atoms with Crippen LogP contribution in [0.5, 0.6) is 0 Å². The van der Waals surface area contributed by atoms with Crippen LogP contribution < -0.4 is 10.6 Å². The number of thioether (sulfide) groups is 1. The van der Waals surface area contributed by atoms with Crippen LogP contribution in [-0.4, -0.2) is 77.2 Å². The second-order valence-corrected chi connectivity index (χ2v) is 22.9. The lowest BCUT2D eigenvalue weighted by Crippen LogP contribution is -2.44. The molecule has 0 aromatic heterocycles. The van der Waals surface area contributed by atoms with Crippen LogP contribution in [0.25, 0.3) is 0 Å². The third-order valence-corrected chi connectivity index (χ3v) is 13.5. The molecule has 2 N–H and O–H groups in total. The quantitative estimate of drug-likeness (QED) is 0.0317. The summed E-state index contributed by atoms with van der Waals surface area (Å²) >= 11 is 1.45. The molecule has 2 amide bonds. The van der Waals surface area contributed by atoms with Gasteiger partial charge in [0.15, 0.2) is 0 Å². The van der Waals surface area contributed by atoms with Gasteiger partial charge in [-0.1, -0.05) is 151 Å². The highest BCUT2D eigenvalue weighted by Crippen LogP contribution is 2.19. The number of carbonyl (C=O) groups excluding carboxylic acids is 6. The minimum absolute atomic E-state index is 0.00942. The number of amides is 2. The van der Waals surface area contributed by atoms with Crippen LogP contribution in [-0.2, 0) is 55.8 Å². The molecule has 0 saturated carbocycles. The normalized spacial score (nSPS) is 12.3. The first kappa shape index (κ1) is 64.1. The number of esters is 4. The van der Waals surface area contributed by atoms with Crippen LogP contribution in [0.15, 0.2) is 84.9 Å². The van der Waals surface area contributed by atoms with Crippen molar-refractivity contribution >= 4 is 53.1 Å². The zero-order valence-corrected chi connectivity index (χ0v) is 47.3. The number of ether oxygens (including phenoxy) is 4. The Kier molecular flexibility index (Phi) is 32.1. The number of unbranched alkanes of at least 4 members (excludes halogenated alkanes) is 16. The van der Waals surface area contributed by atoms with Gasteiger partial charge in [0.05, 0.1) is 0 Å². The highest BCUT2D eigenvalue weighted by Gasteiger charge is 2.29. The second kappa shape index (κ2) is 37.6. The number of nitrogens with one attached hydrogen (secondary N) is 2. The van der Waals surface area contributed by atoms with Crippen molar-refractivity contribution in [3.05, 3.63) is 102 Å². The van der Waals surface area contributed by atoms with Gasteiger partial charge in [0.1, 0.15) is 30.0 Å². The fourth-order valence-electron chi connectivity index (χ4n) is 8.41. The van der Waals surface area contributed by atoms with Gasteiger partial charge < -0.3 is 29.6 Å². The zero-order chi connectivity index (χ0) is 54.6. The first-order valence-corrected chi connectivity index (χ1v) is 29.3. The molecular formula is C62H92N2O10S. The Hall–Kier alpha value is -5.17. The number of anilines is 1. The van der Waals surface area contributed by atoms with Crippen LogP contribution in [0.4, 0.5) is 5.69 Å². The molecule has 12 nitrogen and oxygen atoms in total. The number of hydrogen-bond donors (Lipinski definition) is 2. The van der Waals surface area contributed by atoms with Crippen molar-refractivity contribution in [2.45, 2.75) is 225 Å². The first-order chi connectivity index (χ1) is 36.0. The van der Waals surface area contributed by atoms with Crippen LogP contribution in [0.2, 0.25) is 0 Å². The van der Waals surface area contributed by atoms with Crippen molar-refractivity contribution in [1.29, 1.82) is 0 Å².